The molecule has 0 aromatic rings. The molecule has 0 bridgehead atoms. The number of hydrogen-bond donors (Lipinski definition) is 0. The Morgan fingerprint density at radius 1 is 0.474 bits per heavy atom. The van der Waals surface area contributed by atoms with Crippen molar-refractivity contribution in [2.75, 3.05) is 13.2 Å². The van der Waals surface area contributed by atoms with Crippen LogP contribution in [0.3, 0.4) is 0 Å². The monoisotopic (exact) mass is 664 g/mol. The summed E-state index contributed by atoms with van der Waals surface area (Å²) < 4.78 is 23.4. The van der Waals surface area contributed by atoms with Crippen molar-refractivity contribution in [3.8, 4) is 0 Å². The van der Waals surface area contributed by atoms with E-state index in [0.29, 0.717) is 0 Å². The second kappa shape index (κ2) is 39.0. The fourth-order valence-electron chi connectivity index (χ4n) is 3.73. The molecule has 14 heteroatoms. The maximum Gasteiger partial charge on any atom is 2.00 e. The van der Waals surface area contributed by atoms with Gasteiger partial charge in [0.25, 0.3) is 0 Å². The molecule has 0 aliphatic heterocycles. The van der Waals surface area contributed by atoms with Crippen molar-refractivity contribution in [2.45, 2.75) is 130 Å². The van der Waals surface area contributed by atoms with Crippen LogP contribution >= 0.6 is 15.6 Å². The fourth-order valence-corrected chi connectivity index (χ4v) is 3.73. The van der Waals surface area contributed by atoms with E-state index in [0.717, 1.165) is 25.0 Å². The van der Waals surface area contributed by atoms with Gasteiger partial charge in [-0.05, 0) is 37.5 Å². The van der Waals surface area contributed by atoms with Gasteiger partial charge in [0.2, 0.25) is 0 Å². The van der Waals surface area contributed by atoms with Crippen LogP contribution in [0.25, 0.3) is 0 Å². The molecule has 216 valence electrons. The standard InChI is InChI=1S/C24H50O.3Ca.2H3O4P/c1-5-9-13-15-19-23(17-11-7-3)21-25-22-24(18-12-8-4)20-16-14-10-6-2;;;;2*1-5(2,3)4/h23-24H,5-22H2,1-4H3;;;;2*(H3,1,2,3,4)/q;3*+2;;/p-6. The second-order valence-electron chi connectivity index (χ2n) is 9.15. The SMILES string of the molecule is CCCCCCC(CCCC)COCC(CCCC)CCCCCC.O=P([O-])([O-])[O-].O=P([O-])([O-])[O-].[Ca+2].[Ca+2].[Ca+2]. The van der Waals surface area contributed by atoms with E-state index < -0.39 is 15.6 Å². The Morgan fingerprint density at radius 2 is 0.711 bits per heavy atom. The van der Waals surface area contributed by atoms with Crippen LogP contribution in [0, 0.1) is 11.8 Å². The maximum absolute atomic E-state index is 8.55. The average molecular weight is 665 g/mol. The molecule has 0 aromatic carbocycles. The number of ether oxygens (including phenoxy) is 1. The quantitative estimate of drug-likeness (QED) is 0.106. The Kier molecular flexibility index (Phi) is 55.8. The first-order chi connectivity index (χ1) is 16.3. The average Bonchev–Trinajstić information content (AvgIpc) is 2.72. The van der Waals surface area contributed by atoms with E-state index in [1.807, 2.05) is 0 Å². The summed E-state index contributed by atoms with van der Waals surface area (Å²) >= 11 is 0. The predicted molar refractivity (Wildman–Crippen MR) is 147 cm³/mol. The van der Waals surface area contributed by atoms with Crippen molar-refractivity contribution in [3.05, 3.63) is 0 Å². The van der Waals surface area contributed by atoms with Gasteiger partial charge in [0.05, 0.1) is 0 Å². The Bertz CT molecular complexity index is 464. The van der Waals surface area contributed by atoms with Crippen molar-refractivity contribution in [1.82, 2.24) is 0 Å². The van der Waals surface area contributed by atoms with Crippen molar-refractivity contribution < 1.29 is 43.2 Å². The predicted octanol–water partition coefficient (Wildman–Crippen LogP) is 1.77. The van der Waals surface area contributed by atoms with Crippen molar-refractivity contribution in [3.63, 3.8) is 0 Å². The van der Waals surface area contributed by atoms with Crippen LogP contribution in [-0.2, 0) is 13.9 Å². The number of hydrogen-bond acceptors (Lipinski definition) is 9. The number of phosphoric acid groups is 2. The third-order valence-corrected chi connectivity index (χ3v) is 5.57. The van der Waals surface area contributed by atoms with E-state index >= 15 is 0 Å². The Balaban J connectivity index is -0.000000167. The molecular weight excluding hydrogens is 614 g/mol. The molecule has 0 radical (unpaired) electrons. The van der Waals surface area contributed by atoms with Gasteiger partial charge in [0.15, 0.2) is 0 Å². The molecule has 2 unspecified atom stereocenters. The summed E-state index contributed by atoms with van der Waals surface area (Å²) in [6.45, 7) is 11.3. The molecule has 9 nitrogen and oxygen atoms in total. The molecule has 0 N–H and O–H groups in total. The topological polar surface area (TPSA) is 182 Å². The zero-order valence-corrected chi connectivity index (χ0v) is 33.0. The summed E-state index contributed by atoms with van der Waals surface area (Å²) in [7, 11) is -10.8. The molecular formula is C24H50Ca3O9P2. The second-order valence-corrected chi connectivity index (χ2v) is 10.9. The molecule has 0 rings (SSSR count). The van der Waals surface area contributed by atoms with E-state index in [9.17, 15) is 0 Å². The number of rotatable bonds is 20. The molecule has 0 saturated carbocycles. The minimum absolute atomic E-state index is 0. The molecule has 38 heavy (non-hydrogen) atoms. The largest absolute Gasteiger partial charge is 2.00 e. The molecule has 0 spiro atoms. The molecule has 0 amide bonds. The Hall–Kier alpha value is 3.96. The van der Waals surface area contributed by atoms with Crippen LogP contribution in [0.15, 0.2) is 0 Å². The summed E-state index contributed by atoms with van der Waals surface area (Å²) in [5.41, 5.74) is 0. The zero-order valence-electron chi connectivity index (χ0n) is 24.6. The van der Waals surface area contributed by atoms with E-state index in [4.69, 9.17) is 43.2 Å². The smallest absolute Gasteiger partial charge is 0.822 e. The number of unbranched alkanes of at least 4 members (excludes halogenated alkanes) is 8. The first-order valence-electron chi connectivity index (χ1n) is 13.3. The molecule has 0 heterocycles. The van der Waals surface area contributed by atoms with Crippen molar-refractivity contribution in [1.29, 1.82) is 0 Å². The van der Waals surface area contributed by atoms with Crippen LogP contribution in [0.1, 0.15) is 130 Å². The van der Waals surface area contributed by atoms with Crippen LogP contribution in [0.4, 0.5) is 0 Å². The summed E-state index contributed by atoms with van der Waals surface area (Å²) in [6, 6.07) is 0. The zero-order chi connectivity index (χ0) is 27.6. The molecule has 0 saturated heterocycles. The van der Waals surface area contributed by atoms with Gasteiger partial charge in [-0.25, -0.2) is 0 Å². The van der Waals surface area contributed by atoms with Gasteiger partial charge in [0.1, 0.15) is 0 Å². The van der Waals surface area contributed by atoms with E-state index in [1.54, 1.807) is 0 Å². The van der Waals surface area contributed by atoms with Gasteiger partial charge >= 0.3 is 113 Å². The van der Waals surface area contributed by atoms with Crippen molar-refractivity contribution in [2.24, 2.45) is 11.8 Å². The summed E-state index contributed by atoms with van der Waals surface area (Å²) in [5, 5.41) is 0. The molecule has 2 atom stereocenters. The van der Waals surface area contributed by atoms with Crippen LogP contribution in [-0.4, -0.2) is 126 Å². The molecule has 0 fully saturated rings. The summed E-state index contributed by atoms with van der Waals surface area (Å²) in [6.07, 6.45) is 22.0. The maximum atomic E-state index is 8.55. The van der Waals surface area contributed by atoms with Gasteiger partial charge in [-0.15, -0.1) is 0 Å². The fraction of sp³-hybridized carbons (Fsp3) is 1.00. The van der Waals surface area contributed by atoms with Crippen LogP contribution < -0.4 is 29.4 Å². The first-order valence-corrected chi connectivity index (χ1v) is 16.2. The van der Waals surface area contributed by atoms with E-state index in [2.05, 4.69) is 27.7 Å². The Labute approximate surface area is 322 Å². The van der Waals surface area contributed by atoms with Crippen LogP contribution in [0.5, 0.6) is 0 Å². The third-order valence-electron chi connectivity index (χ3n) is 5.57. The molecule has 0 aliphatic carbocycles. The summed E-state index contributed by atoms with van der Waals surface area (Å²) in [4.78, 5) is 51.3. The van der Waals surface area contributed by atoms with Gasteiger partial charge in [0, 0.05) is 13.2 Å². The van der Waals surface area contributed by atoms with Crippen LogP contribution in [0.2, 0.25) is 0 Å². The molecule has 0 aliphatic rings. The molecule has 0 aromatic heterocycles. The summed E-state index contributed by atoms with van der Waals surface area (Å²) in [5.74, 6) is 1.62. The van der Waals surface area contributed by atoms with Gasteiger partial charge < -0.3 is 43.2 Å². The third kappa shape index (κ3) is 67.6. The normalized spacial score (nSPS) is 12.3. The first kappa shape index (κ1) is 54.4. The minimum atomic E-state index is -5.39. The Morgan fingerprint density at radius 3 is 0.947 bits per heavy atom. The van der Waals surface area contributed by atoms with Crippen molar-refractivity contribution >= 4 is 129 Å². The van der Waals surface area contributed by atoms with Gasteiger partial charge in [-0.2, -0.15) is 15.6 Å². The van der Waals surface area contributed by atoms with Gasteiger partial charge in [-0.3, -0.25) is 0 Å². The minimum Gasteiger partial charge on any atom is -0.822 e. The van der Waals surface area contributed by atoms with E-state index in [-0.39, 0.29) is 113 Å². The van der Waals surface area contributed by atoms with Gasteiger partial charge in [-0.1, -0.05) is 105 Å². The van der Waals surface area contributed by atoms with E-state index in [1.165, 1.54) is 103 Å².